The molecule has 7 unspecified atom stereocenters. The van der Waals surface area contributed by atoms with Gasteiger partial charge in [-0.25, -0.2) is 0 Å². The Labute approximate surface area is 174 Å². The molecule has 2 aliphatic carbocycles. The Morgan fingerprint density at radius 1 is 1.23 bits per heavy atom. The van der Waals surface area contributed by atoms with Gasteiger partial charge in [0.1, 0.15) is 28.8 Å². The first kappa shape index (κ1) is 20.0. The molecule has 2 N–H and O–H groups in total. The number of cyclic esters (lactones) is 1. The average molecular weight is 420 g/mol. The molecule has 8 heteroatoms. The first-order valence-electron chi connectivity index (χ1n) is 10.5. The Hall–Kier alpha value is -1.90. The van der Waals surface area contributed by atoms with Crippen LogP contribution in [0, 0.1) is 10.8 Å². The van der Waals surface area contributed by atoms with Crippen molar-refractivity contribution in [1.82, 2.24) is 0 Å². The van der Waals surface area contributed by atoms with Gasteiger partial charge in [0, 0.05) is 24.3 Å². The molecule has 3 heterocycles. The highest BCUT2D eigenvalue weighted by Crippen LogP contribution is 2.74. The van der Waals surface area contributed by atoms with Crippen molar-refractivity contribution in [2.45, 2.75) is 81.9 Å². The highest BCUT2D eigenvalue weighted by Gasteiger charge is 2.85. The molecule has 0 radical (unpaired) electrons. The van der Waals surface area contributed by atoms with Gasteiger partial charge in [-0.3, -0.25) is 9.59 Å². The minimum atomic E-state index is -1.59. The maximum atomic E-state index is 13.5. The number of carbonyl (C=O) groups is 2. The van der Waals surface area contributed by atoms with E-state index in [1.54, 1.807) is 19.9 Å². The highest BCUT2D eigenvalue weighted by molar-refractivity contribution is 5.84. The van der Waals surface area contributed by atoms with E-state index in [2.05, 4.69) is 0 Å². The van der Waals surface area contributed by atoms with Gasteiger partial charge in [-0.15, -0.1) is 0 Å². The number of hydrogen-bond donors (Lipinski definition) is 2. The topological polar surface area (TPSA) is 119 Å². The summed E-state index contributed by atoms with van der Waals surface area (Å²) in [5, 5.41) is 24.0. The number of furan rings is 1. The monoisotopic (exact) mass is 420 g/mol. The van der Waals surface area contributed by atoms with Crippen molar-refractivity contribution in [3.8, 4) is 0 Å². The van der Waals surface area contributed by atoms with Crippen LogP contribution >= 0.6 is 0 Å². The largest absolute Gasteiger partial charge is 0.472 e. The Bertz CT molecular complexity index is 887. The third-order valence-electron chi connectivity index (χ3n) is 8.74. The van der Waals surface area contributed by atoms with Crippen LogP contribution in [0.15, 0.2) is 23.0 Å². The molecule has 0 bridgehead atoms. The molecule has 4 fully saturated rings. The molecule has 1 aromatic heterocycles. The van der Waals surface area contributed by atoms with Crippen LogP contribution in [0.25, 0.3) is 0 Å². The van der Waals surface area contributed by atoms with E-state index >= 15 is 0 Å². The van der Waals surface area contributed by atoms with Crippen molar-refractivity contribution in [2.24, 2.45) is 10.8 Å². The number of fused-ring (bicyclic) bond motifs is 3. The summed E-state index contributed by atoms with van der Waals surface area (Å²) in [5.74, 6) is -0.983. The van der Waals surface area contributed by atoms with Crippen LogP contribution < -0.4 is 0 Å². The number of carbonyl (C=O) groups excluding carboxylic acids is 2. The summed E-state index contributed by atoms with van der Waals surface area (Å²) < 4.78 is 22.3. The van der Waals surface area contributed by atoms with Crippen molar-refractivity contribution in [2.75, 3.05) is 6.61 Å². The molecule has 0 amide bonds. The predicted molar refractivity (Wildman–Crippen MR) is 101 cm³/mol. The average Bonchev–Trinajstić information content (AvgIpc) is 3.10. The van der Waals surface area contributed by atoms with E-state index in [0.29, 0.717) is 19.4 Å². The second-order valence-electron chi connectivity index (χ2n) is 9.82. The van der Waals surface area contributed by atoms with Crippen LogP contribution in [-0.4, -0.2) is 51.7 Å². The minimum Gasteiger partial charge on any atom is -0.472 e. The van der Waals surface area contributed by atoms with E-state index in [4.69, 9.17) is 18.6 Å². The van der Waals surface area contributed by atoms with Crippen LogP contribution in [0.5, 0.6) is 0 Å². The fraction of sp³-hybridized carbons (Fsp3) is 0.727. The summed E-state index contributed by atoms with van der Waals surface area (Å²) in [6.07, 6.45) is 3.33. The molecule has 8 nitrogen and oxygen atoms in total. The molecular formula is C22H28O8. The Morgan fingerprint density at radius 3 is 2.57 bits per heavy atom. The van der Waals surface area contributed by atoms with E-state index in [9.17, 15) is 19.8 Å². The number of epoxide rings is 1. The van der Waals surface area contributed by atoms with Gasteiger partial charge >= 0.3 is 11.9 Å². The van der Waals surface area contributed by atoms with Crippen molar-refractivity contribution in [3.05, 3.63) is 24.2 Å². The highest BCUT2D eigenvalue weighted by atomic mass is 16.6. The van der Waals surface area contributed by atoms with Gasteiger partial charge in [0.25, 0.3) is 0 Å². The molecular weight excluding hydrogens is 392 g/mol. The molecule has 0 aromatic carbocycles. The van der Waals surface area contributed by atoms with Crippen molar-refractivity contribution in [3.63, 3.8) is 0 Å². The predicted octanol–water partition coefficient (Wildman–Crippen LogP) is 2.03. The smallest absolute Gasteiger partial charge is 0.318 e. The van der Waals surface area contributed by atoms with Crippen LogP contribution in [-0.2, 0) is 23.8 Å². The van der Waals surface area contributed by atoms with E-state index in [1.165, 1.54) is 19.5 Å². The fourth-order valence-electron chi connectivity index (χ4n) is 6.70. The second-order valence-corrected chi connectivity index (χ2v) is 9.82. The quantitative estimate of drug-likeness (QED) is 0.551. The van der Waals surface area contributed by atoms with Gasteiger partial charge in [-0.1, -0.05) is 6.92 Å². The van der Waals surface area contributed by atoms with Gasteiger partial charge < -0.3 is 28.8 Å². The summed E-state index contributed by atoms with van der Waals surface area (Å²) in [5.41, 5.74) is -5.64. The number of esters is 2. The number of ether oxygens (including phenoxy) is 3. The third kappa shape index (κ3) is 2.12. The van der Waals surface area contributed by atoms with Crippen molar-refractivity contribution < 1.29 is 38.4 Å². The zero-order valence-electron chi connectivity index (χ0n) is 17.5. The zero-order valence-corrected chi connectivity index (χ0v) is 17.5. The molecule has 164 valence electrons. The maximum Gasteiger partial charge on any atom is 0.318 e. The van der Waals surface area contributed by atoms with E-state index in [-0.39, 0.29) is 19.3 Å². The summed E-state index contributed by atoms with van der Waals surface area (Å²) in [7, 11) is 0. The molecule has 30 heavy (non-hydrogen) atoms. The standard InChI is InChI=1S/C22H28O8/c1-13(23)29-16-4-6-22(26)18(2,19(16,3)25)7-8-20(12-28-20)21(22)10-15(30-17(21)24)14-5-9-27-11-14/h5,9,11,15-16,25-26H,4,6-8,10,12H2,1-3H3. The van der Waals surface area contributed by atoms with Crippen LogP contribution in [0.4, 0.5) is 0 Å². The summed E-state index contributed by atoms with van der Waals surface area (Å²) in [6, 6.07) is 1.75. The molecule has 5 rings (SSSR count). The lowest BCUT2D eigenvalue weighted by atomic mass is 9.40. The van der Waals surface area contributed by atoms with Crippen LogP contribution in [0.2, 0.25) is 0 Å². The molecule has 1 aromatic rings. The Morgan fingerprint density at radius 2 is 1.97 bits per heavy atom. The van der Waals surface area contributed by atoms with Gasteiger partial charge in [0.15, 0.2) is 0 Å². The lowest BCUT2D eigenvalue weighted by Crippen LogP contribution is -2.78. The van der Waals surface area contributed by atoms with E-state index in [0.717, 1.165) is 5.56 Å². The molecule has 2 aliphatic heterocycles. The third-order valence-corrected chi connectivity index (χ3v) is 8.74. The summed E-state index contributed by atoms with van der Waals surface area (Å²) >= 11 is 0. The molecule has 4 aliphatic rings. The number of aliphatic hydroxyl groups is 2. The van der Waals surface area contributed by atoms with Crippen molar-refractivity contribution in [1.29, 1.82) is 0 Å². The normalized spacial score (nSPS) is 49.7. The van der Waals surface area contributed by atoms with E-state index < -0.39 is 51.8 Å². The Balaban J connectivity index is 1.62. The summed E-state index contributed by atoms with van der Waals surface area (Å²) in [6.45, 7) is 5.06. The lowest BCUT2D eigenvalue weighted by Gasteiger charge is -2.66. The molecule has 7 atom stereocenters. The first-order valence-corrected chi connectivity index (χ1v) is 10.5. The fourth-order valence-corrected chi connectivity index (χ4v) is 6.70. The van der Waals surface area contributed by atoms with E-state index in [1.807, 2.05) is 0 Å². The summed E-state index contributed by atoms with van der Waals surface area (Å²) in [4.78, 5) is 25.2. The van der Waals surface area contributed by atoms with Gasteiger partial charge in [0.2, 0.25) is 0 Å². The van der Waals surface area contributed by atoms with Gasteiger partial charge in [0.05, 0.1) is 24.7 Å². The maximum absolute atomic E-state index is 13.5. The Kier molecular flexibility index (Phi) is 3.92. The second kappa shape index (κ2) is 5.87. The number of hydrogen-bond acceptors (Lipinski definition) is 8. The molecule has 2 spiro atoms. The van der Waals surface area contributed by atoms with Gasteiger partial charge in [-0.2, -0.15) is 0 Å². The number of rotatable bonds is 2. The van der Waals surface area contributed by atoms with Crippen LogP contribution in [0.1, 0.15) is 64.5 Å². The minimum absolute atomic E-state index is 0.190. The molecule has 2 saturated carbocycles. The van der Waals surface area contributed by atoms with Crippen molar-refractivity contribution >= 4 is 11.9 Å². The van der Waals surface area contributed by atoms with Crippen LogP contribution in [0.3, 0.4) is 0 Å². The zero-order chi connectivity index (χ0) is 21.6. The SMILES string of the molecule is CC(=O)OC1CCC2(O)C(C)(CCC3(CO3)C23CC(c2ccoc2)OC3=O)C1(C)O. The lowest BCUT2D eigenvalue weighted by molar-refractivity contribution is -0.311. The molecule has 2 saturated heterocycles. The van der Waals surface area contributed by atoms with Gasteiger partial charge in [-0.05, 0) is 38.7 Å². The first-order chi connectivity index (χ1) is 14.0.